The average Bonchev–Trinajstić information content (AvgIpc) is 2.82. The molecule has 0 atom stereocenters. The number of imidazole rings is 1. The number of hydrogen-bond acceptors (Lipinski definition) is 1. The highest BCUT2D eigenvalue weighted by molar-refractivity contribution is 5.79. The number of fused-ring (bicyclic) bond motifs is 1. The van der Waals surface area contributed by atoms with Gasteiger partial charge in [-0.3, -0.25) is 0 Å². The predicted molar refractivity (Wildman–Crippen MR) is 48.1 cm³/mol. The monoisotopic (exact) mass is 158 g/mol. The Hall–Kier alpha value is -1.31. The van der Waals surface area contributed by atoms with Crippen LogP contribution in [0.2, 0.25) is 0 Å². The van der Waals surface area contributed by atoms with Gasteiger partial charge in [0.1, 0.15) is 0 Å². The lowest BCUT2D eigenvalue weighted by Gasteiger charge is -1.97. The van der Waals surface area contributed by atoms with E-state index in [0.29, 0.717) is 0 Å². The maximum absolute atomic E-state index is 4.32. The van der Waals surface area contributed by atoms with Gasteiger partial charge in [-0.25, -0.2) is 4.98 Å². The number of nitrogens with zero attached hydrogens (tertiary/aromatic N) is 1. The summed E-state index contributed by atoms with van der Waals surface area (Å²) in [6.07, 6.45) is 4.45. The molecule has 1 heterocycles. The van der Waals surface area contributed by atoms with Crippen LogP contribution in [0, 0.1) is 0 Å². The minimum Gasteiger partial charge on any atom is -0.345 e. The van der Waals surface area contributed by atoms with Crippen molar-refractivity contribution < 1.29 is 0 Å². The van der Waals surface area contributed by atoms with Gasteiger partial charge in [-0.1, -0.05) is 12.1 Å². The fourth-order valence-corrected chi connectivity index (χ4v) is 1.71. The topological polar surface area (TPSA) is 28.7 Å². The maximum atomic E-state index is 4.32. The molecule has 12 heavy (non-hydrogen) atoms. The summed E-state index contributed by atoms with van der Waals surface area (Å²) in [5, 5.41) is 0. The Morgan fingerprint density at radius 3 is 3.08 bits per heavy atom. The van der Waals surface area contributed by atoms with Gasteiger partial charge in [0, 0.05) is 0 Å². The van der Waals surface area contributed by atoms with E-state index in [1.807, 2.05) is 0 Å². The van der Waals surface area contributed by atoms with Crippen LogP contribution in [-0.4, -0.2) is 9.97 Å². The van der Waals surface area contributed by atoms with Crippen LogP contribution in [0.25, 0.3) is 11.0 Å². The second kappa shape index (κ2) is 2.09. The van der Waals surface area contributed by atoms with E-state index in [1.54, 1.807) is 6.33 Å². The summed E-state index contributed by atoms with van der Waals surface area (Å²) in [6.45, 7) is 0. The zero-order valence-electron chi connectivity index (χ0n) is 6.75. The quantitative estimate of drug-likeness (QED) is 0.678. The number of hydrogen-bond donors (Lipinski definition) is 1. The predicted octanol–water partition coefficient (Wildman–Crippen LogP) is 2.44. The van der Waals surface area contributed by atoms with Crippen molar-refractivity contribution in [1.82, 2.24) is 9.97 Å². The summed E-state index contributed by atoms with van der Waals surface area (Å²) >= 11 is 0. The van der Waals surface area contributed by atoms with Gasteiger partial charge in [-0.05, 0) is 30.4 Å². The Labute approximate surface area is 70.6 Å². The van der Waals surface area contributed by atoms with E-state index in [-0.39, 0.29) is 0 Å². The highest BCUT2D eigenvalue weighted by atomic mass is 14.9. The average molecular weight is 158 g/mol. The minimum absolute atomic E-state index is 0.789. The Morgan fingerprint density at radius 2 is 2.25 bits per heavy atom. The molecule has 1 aromatic heterocycles. The van der Waals surface area contributed by atoms with Crippen molar-refractivity contribution in [3.05, 3.63) is 30.1 Å². The maximum Gasteiger partial charge on any atom is 0.0931 e. The number of aromatic amines is 1. The first-order chi connectivity index (χ1) is 5.95. The molecule has 1 aliphatic rings. The fraction of sp³-hybridized carbons (Fsp3) is 0.300. The van der Waals surface area contributed by atoms with Crippen LogP contribution in [0.3, 0.4) is 0 Å². The SMILES string of the molecule is c1cc(C2CC2)c2nc[nH]c2c1. The lowest BCUT2D eigenvalue weighted by atomic mass is 10.1. The van der Waals surface area contributed by atoms with Gasteiger partial charge >= 0.3 is 0 Å². The number of nitrogens with one attached hydrogen (secondary N) is 1. The molecule has 1 aromatic carbocycles. The molecule has 2 aromatic rings. The summed E-state index contributed by atoms with van der Waals surface area (Å²) in [5.74, 6) is 0.789. The molecule has 1 saturated carbocycles. The second-order valence-electron chi connectivity index (χ2n) is 3.42. The first-order valence-corrected chi connectivity index (χ1v) is 4.37. The third-order valence-electron chi connectivity index (χ3n) is 2.50. The number of H-pyrrole nitrogens is 1. The van der Waals surface area contributed by atoms with E-state index in [0.717, 1.165) is 5.92 Å². The summed E-state index contributed by atoms with van der Waals surface area (Å²) < 4.78 is 0. The third-order valence-corrected chi connectivity index (χ3v) is 2.50. The van der Waals surface area contributed by atoms with Gasteiger partial charge in [0.05, 0.1) is 17.4 Å². The molecule has 1 N–H and O–H groups in total. The van der Waals surface area contributed by atoms with Crippen molar-refractivity contribution in [2.75, 3.05) is 0 Å². The molecular weight excluding hydrogens is 148 g/mol. The van der Waals surface area contributed by atoms with E-state index in [9.17, 15) is 0 Å². The number of benzene rings is 1. The Morgan fingerprint density at radius 1 is 1.33 bits per heavy atom. The van der Waals surface area contributed by atoms with Crippen LogP contribution in [0.15, 0.2) is 24.5 Å². The molecule has 0 radical (unpaired) electrons. The van der Waals surface area contributed by atoms with Crippen molar-refractivity contribution in [3.8, 4) is 0 Å². The molecule has 2 heteroatoms. The first kappa shape index (κ1) is 6.23. The first-order valence-electron chi connectivity index (χ1n) is 4.37. The van der Waals surface area contributed by atoms with Gasteiger partial charge in [0.15, 0.2) is 0 Å². The van der Waals surface area contributed by atoms with Crippen molar-refractivity contribution in [1.29, 1.82) is 0 Å². The molecule has 0 bridgehead atoms. The molecule has 60 valence electrons. The largest absolute Gasteiger partial charge is 0.345 e. The second-order valence-corrected chi connectivity index (χ2v) is 3.42. The van der Waals surface area contributed by atoms with Crippen LogP contribution in [-0.2, 0) is 0 Å². The summed E-state index contributed by atoms with van der Waals surface area (Å²) in [7, 11) is 0. The van der Waals surface area contributed by atoms with Gasteiger partial charge in [0.25, 0.3) is 0 Å². The number of para-hydroxylation sites is 1. The van der Waals surface area contributed by atoms with E-state index in [4.69, 9.17) is 0 Å². The Bertz CT molecular complexity index is 412. The normalized spacial score (nSPS) is 17.0. The molecule has 1 fully saturated rings. The van der Waals surface area contributed by atoms with Crippen LogP contribution in [0.1, 0.15) is 24.3 Å². The van der Waals surface area contributed by atoms with E-state index >= 15 is 0 Å². The minimum atomic E-state index is 0.789. The molecule has 0 spiro atoms. The number of rotatable bonds is 1. The Balaban J connectivity index is 2.32. The molecular formula is C10H10N2. The summed E-state index contributed by atoms with van der Waals surface area (Å²) in [6, 6.07) is 6.38. The van der Waals surface area contributed by atoms with Crippen molar-refractivity contribution in [2.24, 2.45) is 0 Å². The van der Waals surface area contributed by atoms with Crippen LogP contribution < -0.4 is 0 Å². The van der Waals surface area contributed by atoms with E-state index in [2.05, 4.69) is 28.2 Å². The molecule has 1 aliphatic carbocycles. The third kappa shape index (κ3) is 0.779. The standard InChI is InChI=1S/C10H10N2/c1-2-8(7-4-5-7)10-9(3-1)11-6-12-10/h1-3,6-7H,4-5H2,(H,11,12). The fourth-order valence-electron chi connectivity index (χ4n) is 1.71. The molecule has 0 unspecified atom stereocenters. The van der Waals surface area contributed by atoms with Gasteiger partial charge in [-0.15, -0.1) is 0 Å². The van der Waals surface area contributed by atoms with Gasteiger partial charge in [-0.2, -0.15) is 0 Å². The molecule has 0 aliphatic heterocycles. The smallest absolute Gasteiger partial charge is 0.0931 e. The van der Waals surface area contributed by atoms with Crippen LogP contribution >= 0.6 is 0 Å². The van der Waals surface area contributed by atoms with E-state index < -0.39 is 0 Å². The van der Waals surface area contributed by atoms with Crippen molar-refractivity contribution in [2.45, 2.75) is 18.8 Å². The van der Waals surface area contributed by atoms with Crippen molar-refractivity contribution >= 4 is 11.0 Å². The highest BCUT2D eigenvalue weighted by Gasteiger charge is 2.25. The van der Waals surface area contributed by atoms with Crippen LogP contribution in [0.4, 0.5) is 0 Å². The van der Waals surface area contributed by atoms with Gasteiger partial charge < -0.3 is 4.98 Å². The van der Waals surface area contributed by atoms with Crippen molar-refractivity contribution in [3.63, 3.8) is 0 Å². The summed E-state index contributed by atoms with van der Waals surface area (Å²) in [5.41, 5.74) is 3.76. The molecule has 3 rings (SSSR count). The molecule has 0 amide bonds. The number of aromatic nitrogens is 2. The molecule has 0 saturated heterocycles. The Kier molecular flexibility index (Phi) is 1.09. The molecule has 2 nitrogen and oxygen atoms in total. The van der Waals surface area contributed by atoms with Gasteiger partial charge in [0.2, 0.25) is 0 Å². The van der Waals surface area contributed by atoms with Crippen LogP contribution in [0.5, 0.6) is 0 Å². The summed E-state index contributed by atoms with van der Waals surface area (Å²) in [4.78, 5) is 7.46. The lowest BCUT2D eigenvalue weighted by Crippen LogP contribution is -1.80. The lowest BCUT2D eigenvalue weighted by molar-refractivity contribution is 1.14. The zero-order chi connectivity index (χ0) is 7.97. The zero-order valence-corrected chi connectivity index (χ0v) is 6.75. The van der Waals surface area contributed by atoms with E-state index in [1.165, 1.54) is 29.4 Å². The highest BCUT2D eigenvalue weighted by Crippen LogP contribution is 2.42.